The van der Waals surface area contributed by atoms with Crippen LogP contribution in [0.3, 0.4) is 0 Å². The molecule has 1 unspecified atom stereocenters. The third-order valence-corrected chi connectivity index (χ3v) is 4.77. The summed E-state index contributed by atoms with van der Waals surface area (Å²) in [5.74, 6) is 0.848. The molecule has 0 saturated heterocycles. The van der Waals surface area contributed by atoms with Crippen molar-refractivity contribution in [3.8, 4) is 0 Å². The van der Waals surface area contributed by atoms with Gasteiger partial charge in [0.25, 0.3) is 0 Å². The SMILES string of the molecule is CCOP(=O)(COC(C)Cc1nc(N)c2[nH]cnc2n1)OCC. The molecule has 0 aliphatic rings. The van der Waals surface area contributed by atoms with Gasteiger partial charge in [-0.2, -0.15) is 0 Å². The lowest BCUT2D eigenvalue weighted by Crippen LogP contribution is -2.16. The number of nitrogens with one attached hydrogen (secondary N) is 1. The van der Waals surface area contributed by atoms with Crippen molar-refractivity contribution in [3.63, 3.8) is 0 Å². The van der Waals surface area contributed by atoms with Gasteiger partial charge in [-0.1, -0.05) is 0 Å². The number of nitrogens with two attached hydrogens (primary N) is 1. The summed E-state index contributed by atoms with van der Waals surface area (Å²) >= 11 is 0. The lowest BCUT2D eigenvalue weighted by atomic mass is 10.2. The average Bonchev–Trinajstić information content (AvgIpc) is 2.95. The predicted molar refractivity (Wildman–Crippen MR) is 86.1 cm³/mol. The summed E-state index contributed by atoms with van der Waals surface area (Å²) in [6.07, 6.45) is 1.53. The van der Waals surface area contributed by atoms with Crippen molar-refractivity contribution in [3.05, 3.63) is 12.2 Å². The standard InChI is InChI=1S/C13H22N5O4P/c1-4-21-23(19,22-5-2)8-20-9(3)6-10-17-12(14)11-13(18-10)16-7-15-11/h7,9H,4-6,8H2,1-3H3,(H3,14,15,16,17,18). The van der Waals surface area contributed by atoms with Crippen LogP contribution in [-0.4, -0.2) is 45.6 Å². The lowest BCUT2D eigenvalue weighted by Gasteiger charge is -2.19. The number of imidazole rings is 1. The van der Waals surface area contributed by atoms with E-state index in [9.17, 15) is 4.57 Å². The molecule has 0 spiro atoms. The average molecular weight is 343 g/mol. The largest absolute Gasteiger partial charge is 0.382 e. The minimum absolute atomic E-state index is 0.115. The first-order valence-corrected chi connectivity index (χ1v) is 9.15. The predicted octanol–water partition coefficient (Wildman–Crippen LogP) is 2.11. The van der Waals surface area contributed by atoms with Crippen LogP contribution >= 0.6 is 7.60 Å². The topological polar surface area (TPSA) is 125 Å². The van der Waals surface area contributed by atoms with E-state index >= 15 is 0 Å². The van der Waals surface area contributed by atoms with E-state index in [0.29, 0.717) is 42.4 Å². The van der Waals surface area contributed by atoms with E-state index < -0.39 is 7.60 Å². The van der Waals surface area contributed by atoms with Gasteiger partial charge in [0, 0.05) is 6.42 Å². The Balaban J connectivity index is 1.97. The molecule has 0 aliphatic carbocycles. The second kappa shape index (κ2) is 7.83. The van der Waals surface area contributed by atoms with Crippen LogP contribution in [0.5, 0.6) is 0 Å². The Hall–Kier alpha value is -1.54. The molecule has 23 heavy (non-hydrogen) atoms. The smallest absolute Gasteiger partial charge is 0.356 e. The van der Waals surface area contributed by atoms with Crippen LogP contribution in [0.25, 0.3) is 11.2 Å². The lowest BCUT2D eigenvalue weighted by molar-refractivity contribution is 0.0766. The molecule has 2 heterocycles. The molecular weight excluding hydrogens is 321 g/mol. The Morgan fingerprint density at radius 3 is 2.65 bits per heavy atom. The highest BCUT2D eigenvalue weighted by molar-refractivity contribution is 7.53. The second-order valence-corrected chi connectivity index (χ2v) is 6.88. The minimum atomic E-state index is -3.22. The van der Waals surface area contributed by atoms with Crippen molar-refractivity contribution in [2.75, 3.05) is 25.3 Å². The van der Waals surface area contributed by atoms with Crippen molar-refractivity contribution >= 4 is 24.6 Å². The molecule has 0 saturated carbocycles. The highest BCUT2D eigenvalue weighted by Gasteiger charge is 2.25. The Kier molecular flexibility index (Phi) is 6.06. The molecule has 0 radical (unpaired) electrons. The monoisotopic (exact) mass is 343 g/mol. The van der Waals surface area contributed by atoms with Crippen molar-refractivity contribution < 1.29 is 18.3 Å². The van der Waals surface area contributed by atoms with Crippen LogP contribution in [0.2, 0.25) is 0 Å². The number of nitrogens with zero attached hydrogens (tertiary/aromatic N) is 3. The van der Waals surface area contributed by atoms with Crippen LogP contribution in [0.15, 0.2) is 6.33 Å². The van der Waals surface area contributed by atoms with Crippen LogP contribution < -0.4 is 5.73 Å². The Morgan fingerprint density at radius 1 is 1.30 bits per heavy atom. The van der Waals surface area contributed by atoms with Crippen molar-refractivity contribution in [1.82, 2.24) is 19.9 Å². The van der Waals surface area contributed by atoms with Crippen LogP contribution in [0.1, 0.15) is 26.6 Å². The number of hydrogen-bond donors (Lipinski definition) is 2. The first-order chi connectivity index (χ1) is 11.0. The molecule has 2 aromatic heterocycles. The van der Waals surface area contributed by atoms with Gasteiger partial charge in [0.05, 0.1) is 25.6 Å². The van der Waals surface area contributed by atoms with Crippen molar-refractivity contribution in [2.24, 2.45) is 0 Å². The summed E-state index contributed by atoms with van der Waals surface area (Å²) in [5.41, 5.74) is 6.97. The first kappa shape index (κ1) is 17.8. The Morgan fingerprint density at radius 2 is 2.00 bits per heavy atom. The fourth-order valence-electron chi connectivity index (χ4n) is 2.03. The number of fused-ring (bicyclic) bond motifs is 1. The van der Waals surface area contributed by atoms with E-state index in [1.807, 2.05) is 6.92 Å². The summed E-state index contributed by atoms with van der Waals surface area (Å²) in [4.78, 5) is 15.5. The maximum absolute atomic E-state index is 12.3. The van der Waals surface area contributed by atoms with Gasteiger partial charge in [0.15, 0.2) is 11.5 Å². The van der Waals surface area contributed by atoms with Crippen LogP contribution in [0, 0.1) is 0 Å². The quantitative estimate of drug-likeness (QED) is 0.663. The molecule has 2 aromatic rings. The first-order valence-electron chi connectivity index (χ1n) is 7.42. The molecule has 0 fully saturated rings. The van der Waals surface area contributed by atoms with E-state index in [0.717, 1.165) is 0 Å². The summed E-state index contributed by atoms with van der Waals surface area (Å²) in [6, 6.07) is 0. The molecule has 0 aliphatic heterocycles. The number of nitrogen functional groups attached to an aromatic ring is 1. The number of H-pyrrole nitrogens is 1. The third kappa shape index (κ3) is 4.71. The molecule has 0 bridgehead atoms. The van der Waals surface area contributed by atoms with Gasteiger partial charge in [0.1, 0.15) is 17.7 Å². The molecule has 10 heteroatoms. The zero-order valence-corrected chi connectivity index (χ0v) is 14.4. The van der Waals surface area contributed by atoms with Gasteiger partial charge in [0.2, 0.25) is 0 Å². The van der Waals surface area contributed by atoms with E-state index in [2.05, 4.69) is 19.9 Å². The number of rotatable bonds is 9. The zero-order chi connectivity index (χ0) is 16.9. The molecule has 3 N–H and O–H groups in total. The van der Waals surface area contributed by atoms with Crippen LogP contribution in [0.4, 0.5) is 5.82 Å². The number of aromatic amines is 1. The van der Waals surface area contributed by atoms with Gasteiger partial charge in [-0.05, 0) is 20.8 Å². The van der Waals surface area contributed by atoms with Gasteiger partial charge in [-0.15, -0.1) is 0 Å². The number of anilines is 1. The molecular formula is C13H22N5O4P. The summed E-state index contributed by atoms with van der Waals surface area (Å²) in [5, 5.41) is 0. The highest BCUT2D eigenvalue weighted by Crippen LogP contribution is 2.48. The van der Waals surface area contributed by atoms with E-state index in [4.69, 9.17) is 19.5 Å². The van der Waals surface area contributed by atoms with Crippen LogP contribution in [-0.2, 0) is 24.8 Å². The van der Waals surface area contributed by atoms with E-state index in [1.165, 1.54) is 6.33 Å². The zero-order valence-electron chi connectivity index (χ0n) is 13.5. The molecule has 0 amide bonds. The van der Waals surface area contributed by atoms with Gasteiger partial charge >= 0.3 is 7.60 Å². The fraction of sp³-hybridized carbons (Fsp3) is 0.615. The second-order valence-electron chi connectivity index (χ2n) is 4.88. The maximum Gasteiger partial charge on any atom is 0.356 e. The Labute approximate surface area is 134 Å². The number of hydrogen-bond acceptors (Lipinski definition) is 8. The van der Waals surface area contributed by atoms with Gasteiger partial charge in [-0.3, -0.25) is 4.57 Å². The molecule has 9 nitrogen and oxygen atoms in total. The summed E-state index contributed by atoms with van der Waals surface area (Å²) in [7, 11) is -3.22. The molecule has 2 rings (SSSR count). The number of aromatic nitrogens is 4. The van der Waals surface area contributed by atoms with Gasteiger partial charge in [-0.25, -0.2) is 15.0 Å². The van der Waals surface area contributed by atoms with Crippen molar-refractivity contribution in [1.29, 1.82) is 0 Å². The maximum atomic E-state index is 12.3. The number of ether oxygens (including phenoxy) is 1. The van der Waals surface area contributed by atoms with Gasteiger partial charge < -0.3 is 24.5 Å². The summed E-state index contributed by atoms with van der Waals surface area (Å²) < 4.78 is 28.3. The minimum Gasteiger partial charge on any atom is -0.382 e. The highest BCUT2D eigenvalue weighted by atomic mass is 31.2. The molecule has 1 atom stereocenters. The Bertz CT molecular complexity index is 682. The summed E-state index contributed by atoms with van der Waals surface area (Å²) in [6.45, 7) is 5.93. The third-order valence-electron chi connectivity index (χ3n) is 3.00. The van der Waals surface area contributed by atoms with Crippen molar-refractivity contribution in [2.45, 2.75) is 33.3 Å². The normalized spacial score (nSPS) is 13.5. The van der Waals surface area contributed by atoms with E-state index in [-0.39, 0.29) is 12.5 Å². The molecule has 0 aromatic carbocycles. The fourth-order valence-corrected chi connectivity index (χ4v) is 3.48. The van der Waals surface area contributed by atoms with E-state index in [1.54, 1.807) is 13.8 Å². The molecule has 128 valence electrons.